The molecule has 0 atom stereocenters. The van der Waals surface area contributed by atoms with Crippen molar-refractivity contribution in [2.45, 2.75) is 6.42 Å². The van der Waals surface area contributed by atoms with Crippen LogP contribution in [0.4, 0.5) is 10.1 Å². The van der Waals surface area contributed by atoms with E-state index in [9.17, 15) is 0 Å². The van der Waals surface area contributed by atoms with E-state index in [0.717, 1.165) is 49.3 Å². The summed E-state index contributed by atoms with van der Waals surface area (Å²) in [5.41, 5.74) is 5.69. The lowest BCUT2D eigenvalue weighted by Gasteiger charge is -2.20. The van der Waals surface area contributed by atoms with E-state index in [4.69, 9.17) is 10.8 Å². The Morgan fingerprint density at radius 1 is 1.38 bits per heavy atom. The minimum absolute atomic E-state index is 0.240. The van der Waals surface area contributed by atoms with E-state index in [1.165, 1.54) is 0 Å². The summed E-state index contributed by atoms with van der Waals surface area (Å²) in [7, 11) is 0. The fraction of sp³-hybridized carbons (Fsp3) is 0.700. The van der Waals surface area contributed by atoms with Gasteiger partial charge >= 0.3 is 0 Å². The molecule has 1 aliphatic heterocycles. The van der Waals surface area contributed by atoms with Gasteiger partial charge in [-0.2, -0.15) is 0 Å². The van der Waals surface area contributed by atoms with Crippen molar-refractivity contribution in [2.75, 3.05) is 50.0 Å². The average molecular weight is 242 g/mol. The Hall–Kier alpha value is -0.850. The molecule has 0 saturated carbocycles. The lowest BCUT2D eigenvalue weighted by Crippen LogP contribution is -2.32. The number of hydrogen-bond acceptors (Lipinski definition) is 6. The number of nitrogens with zero attached hydrogens (tertiary/aromatic N) is 3. The van der Waals surface area contributed by atoms with Gasteiger partial charge in [0.1, 0.15) is 5.00 Å². The second-order valence-corrected chi connectivity index (χ2v) is 4.99. The highest BCUT2D eigenvalue weighted by atomic mass is 32.1. The number of nitrogens with two attached hydrogens (primary N) is 1. The van der Waals surface area contributed by atoms with Gasteiger partial charge in [0.2, 0.25) is 0 Å². The first-order valence-electron chi connectivity index (χ1n) is 5.59. The van der Waals surface area contributed by atoms with Gasteiger partial charge in [0.25, 0.3) is 0 Å². The maximum absolute atomic E-state index is 8.91. The molecule has 2 heterocycles. The van der Waals surface area contributed by atoms with Gasteiger partial charge in [0.15, 0.2) is 5.13 Å². The Bertz CT molecular complexity index is 330. The van der Waals surface area contributed by atoms with Gasteiger partial charge in [-0.3, -0.25) is 4.90 Å². The number of aliphatic hydroxyl groups is 1. The molecule has 0 aromatic carbocycles. The summed E-state index contributed by atoms with van der Waals surface area (Å²) < 4.78 is 0. The summed E-state index contributed by atoms with van der Waals surface area (Å²) >= 11 is 1.54. The molecule has 1 aliphatic rings. The normalized spacial score (nSPS) is 18.7. The molecule has 0 amide bonds. The smallest absolute Gasteiger partial charge is 0.187 e. The molecule has 0 aliphatic carbocycles. The largest absolute Gasteiger partial charge is 0.395 e. The van der Waals surface area contributed by atoms with Crippen LogP contribution >= 0.6 is 11.3 Å². The van der Waals surface area contributed by atoms with Crippen LogP contribution in [0, 0.1) is 0 Å². The zero-order chi connectivity index (χ0) is 11.4. The van der Waals surface area contributed by atoms with Crippen molar-refractivity contribution in [2.24, 2.45) is 0 Å². The molecular formula is C10H18N4OS. The molecule has 0 bridgehead atoms. The van der Waals surface area contributed by atoms with Crippen molar-refractivity contribution in [3.05, 3.63) is 6.20 Å². The van der Waals surface area contributed by atoms with Gasteiger partial charge in [0.05, 0.1) is 12.8 Å². The minimum Gasteiger partial charge on any atom is -0.395 e. The third-order valence-electron chi connectivity index (χ3n) is 2.79. The number of thiazole rings is 1. The first kappa shape index (κ1) is 11.6. The highest BCUT2D eigenvalue weighted by molar-refractivity contribution is 7.19. The van der Waals surface area contributed by atoms with Gasteiger partial charge in [-0.15, -0.1) is 0 Å². The van der Waals surface area contributed by atoms with Gasteiger partial charge in [-0.25, -0.2) is 4.98 Å². The first-order chi connectivity index (χ1) is 7.79. The van der Waals surface area contributed by atoms with E-state index in [0.29, 0.717) is 0 Å². The van der Waals surface area contributed by atoms with Crippen molar-refractivity contribution in [1.29, 1.82) is 0 Å². The SMILES string of the molecule is Nc1cnc(N2CCCN(CCO)CC2)s1. The van der Waals surface area contributed by atoms with Gasteiger partial charge in [-0.05, 0) is 13.0 Å². The van der Waals surface area contributed by atoms with Crippen LogP contribution in [-0.2, 0) is 0 Å². The Morgan fingerprint density at radius 3 is 2.94 bits per heavy atom. The van der Waals surface area contributed by atoms with Crippen molar-refractivity contribution < 1.29 is 5.11 Å². The summed E-state index contributed by atoms with van der Waals surface area (Å²) in [6.45, 7) is 5.04. The molecule has 2 rings (SSSR count). The number of anilines is 2. The standard InChI is InChI=1S/C10H18N4OS/c11-9-8-12-10(16-9)14-3-1-2-13(4-5-14)6-7-15/h8,15H,1-7,11H2. The Balaban J connectivity index is 1.93. The molecular weight excluding hydrogens is 224 g/mol. The molecule has 0 unspecified atom stereocenters. The molecule has 1 saturated heterocycles. The molecule has 1 fully saturated rings. The maximum atomic E-state index is 8.91. The summed E-state index contributed by atoms with van der Waals surface area (Å²) in [6, 6.07) is 0. The fourth-order valence-corrected chi connectivity index (χ4v) is 2.68. The van der Waals surface area contributed by atoms with E-state index in [1.54, 1.807) is 17.5 Å². The van der Waals surface area contributed by atoms with E-state index in [-0.39, 0.29) is 6.61 Å². The molecule has 1 aromatic rings. The van der Waals surface area contributed by atoms with Crippen LogP contribution in [-0.4, -0.2) is 54.3 Å². The van der Waals surface area contributed by atoms with Crippen LogP contribution in [0.5, 0.6) is 0 Å². The van der Waals surface area contributed by atoms with Gasteiger partial charge < -0.3 is 15.7 Å². The number of nitrogen functional groups attached to an aromatic ring is 1. The highest BCUT2D eigenvalue weighted by Crippen LogP contribution is 2.24. The molecule has 16 heavy (non-hydrogen) atoms. The highest BCUT2D eigenvalue weighted by Gasteiger charge is 2.16. The number of aromatic nitrogens is 1. The second-order valence-electron chi connectivity index (χ2n) is 3.95. The number of rotatable bonds is 3. The first-order valence-corrected chi connectivity index (χ1v) is 6.40. The van der Waals surface area contributed by atoms with Crippen LogP contribution in [0.3, 0.4) is 0 Å². The molecule has 0 radical (unpaired) electrons. The van der Waals surface area contributed by atoms with Gasteiger partial charge in [0, 0.05) is 26.2 Å². The predicted molar refractivity (Wildman–Crippen MR) is 66.9 cm³/mol. The summed E-state index contributed by atoms with van der Waals surface area (Å²) in [4.78, 5) is 8.87. The molecule has 1 aromatic heterocycles. The fourth-order valence-electron chi connectivity index (χ4n) is 1.95. The van der Waals surface area contributed by atoms with Crippen LogP contribution in [0.2, 0.25) is 0 Å². The Kier molecular flexibility index (Phi) is 3.98. The molecule has 3 N–H and O–H groups in total. The quantitative estimate of drug-likeness (QED) is 0.794. The third kappa shape index (κ3) is 2.84. The zero-order valence-electron chi connectivity index (χ0n) is 9.30. The topological polar surface area (TPSA) is 65.6 Å². The maximum Gasteiger partial charge on any atom is 0.187 e. The van der Waals surface area contributed by atoms with E-state index in [2.05, 4.69) is 14.8 Å². The summed E-state index contributed by atoms with van der Waals surface area (Å²) in [5, 5.41) is 10.7. The van der Waals surface area contributed by atoms with Crippen molar-refractivity contribution in [1.82, 2.24) is 9.88 Å². The van der Waals surface area contributed by atoms with E-state index in [1.807, 2.05) is 0 Å². The zero-order valence-corrected chi connectivity index (χ0v) is 10.1. The van der Waals surface area contributed by atoms with Crippen molar-refractivity contribution in [3.8, 4) is 0 Å². The molecule has 5 nitrogen and oxygen atoms in total. The van der Waals surface area contributed by atoms with E-state index < -0.39 is 0 Å². The summed E-state index contributed by atoms with van der Waals surface area (Å²) in [6.07, 6.45) is 2.83. The lowest BCUT2D eigenvalue weighted by atomic mass is 10.4. The monoisotopic (exact) mass is 242 g/mol. The number of aliphatic hydroxyl groups excluding tert-OH is 1. The average Bonchev–Trinajstić information content (AvgIpc) is 2.57. The van der Waals surface area contributed by atoms with Gasteiger partial charge in [-0.1, -0.05) is 11.3 Å². The van der Waals surface area contributed by atoms with Crippen LogP contribution in [0.15, 0.2) is 6.20 Å². The summed E-state index contributed by atoms with van der Waals surface area (Å²) in [5.74, 6) is 0. The second kappa shape index (κ2) is 5.47. The lowest BCUT2D eigenvalue weighted by molar-refractivity contribution is 0.204. The number of β-amino-alcohol motifs (C(OH)–C–C–N with tert-alkyl or cyclic N) is 1. The van der Waals surface area contributed by atoms with Crippen LogP contribution in [0.25, 0.3) is 0 Å². The van der Waals surface area contributed by atoms with Crippen LogP contribution < -0.4 is 10.6 Å². The molecule has 0 spiro atoms. The molecule has 6 heteroatoms. The minimum atomic E-state index is 0.240. The molecule has 90 valence electrons. The van der Waals surface area contributed by atoms with Crippen molar-refractivity contribution >= 4 is 21.5 Å². The number of hydrogen-bond donors (Lipinski definition) is 2. The predicted octanol–water partition coefficient (Wildman–Crippen LogP) is 0.230. The Labute approximate surface area is 99.5 Å². The van der Waals surface area contributed by atoms with Crippen molar-refractivity contribution in [3.63, 3.8) is 0 Å². The third-order valence-corrected chi connectivity index (χ3v) is 3.67. The van der Waals surface area contributed by atoms with E-state index >= 15 is 0 Å². The van der Waals surface area contributed by atoms with Crippen LogP contribution in [0.1, 0.15) is 6.42 Å². The Morgan fingerprint density at radius 2 is 2.25 bits per heavy atom.